The van der Waals surface area contributed by atoms with Gasteiger partial charge in [0.1, 0.15) is 5.75 Å². The van der Waals surface area contributed by atoms with Crippen LogP contribution in [-0.4, -0.2) is 47.5 Å². The molecule has 1 aromatic heterocycles. The number of likely N-dealkylation sites (tertiary alicyclic amines) is 1. The molecule has 27 heavy (non-hydrogen) atoms. The van der Waals surface area contributed by atoms with E-state index in [9.17, 15) is 4.79 Å². The van der Waals surface area contributed by atoms with Gasteiger partial charge in [-0.3, -0.25) is 4.68 Å². The number of rotatable bonds is 6. The standard InChI is InChI=1S/C21H30N4O2/c1-16-14-17(2)25(23-16)15-19-9-12-24(13-10-19)21(26)22-11-8-18-4-6-20(27-3)7-5-18/h4-7,14,19H,8-13,15H2,1-3H3,(H,22,26). The molecule has 2 heterocycles. The van der Waals surface area contributed by atoms with Crippen LogP contribution in [0.2, 0.25) is 0 Å². The van der Waals surface area contributed by atoms with Crippen molar-refractivity contribution in [2.75, 3.05) is 26.7 Å². The molecule has 2 amide bonds. The third-order valence-corrected chi connectivity index (χ3v) is 5.29. The molecule has 6 nitrogen and oxygen atoms in total. The Kier molecular flexibility index (Phi) is 6.37. The van der Waals surface area contributed by atoms with Gasteiger partial charge in [-0.05, 0) is 62.8 Å². The molecule has 0 bridgehead atoms. The minimum atomic E-state index is 0.0491. The molecule has 1 aromatic carbocycles. The third-order valence-electron chi connectivity index (χ3n) is 5.29. The number of hydrogen-bond donors (Lipinski definition) is 1. The quantitative estimate of drug-likeness (QED) is 0.850. The van der Waals surface area contributed by atoms with Gasteiger partial charge in [0.2, 0.25) is 0 Å². The van der Waals surface area contributed by atoms with Crippen LogP contribution in [0, 0.1) is 19.8 Å². The predicted molar refractivity (Wildman–Crippen MR) is 106 cm³/mol. The molecule has 0 aliphatic carbocycles. The maximum absolute atomic E-state index is 12.4. The highest BCUT2D eigenvalue weighted by Crippen LogP contribution is 2.20. The zero-order valence-corrected chi connectivity index (χ0v) is 16.6. The molecule has 1 N–H and O–H groups in total. The molecule has 146 valence electrons. The van der Waals surface area contributed by atoms with Gasteiger partial charge in [0.15, 0.2) is 0 Å². The highest BCUT2D eigenvalue weighted by Gasteiger charge is 2.23. The Morgan fingerprint density at radius 2 is 1.93 bits per heavy atom. The first kappa shape index (κ1) is 19.3. The first-order chi connectivity index (χ1) is 13.0. The highest BCUT2D eigenvalue weighted by atomic mass is 16.5. The van der Waals surface area contributed by atoms with E-state index in [0.717, 1.165) is 50.3 Å². The van der Waals surface area contributed by atoms with Gasteiger partial charge < -0.3 is 15.0 Å². The lowest BCUT2D eigenvalue weighted by Crippen LogP contribution is -2.45. The van der Waals surface area contributed by atoms with Gasteiger partial charge in [-0.15, -0.1) is 0 Å². The number of carbonyl (C=O) groups is 1. The van der Waals surface area contributed by atoms with Crippen molar-refractivity contribution in [2.45, 2.75) is 39.7 Å². The largest absolute Gasteiger partial charge is 0.497 e. The van der Waals surface area contributed by atoms with Gasteiger partial charge in [0.25, 0.3) is 0 Å². The van der Waals surface area contributed by atoms with E-state index in [4.69, 9.17) is 4.74 Å². The molecule has 1 fully saturated rings. The summed E-state index contributed by atoms with van der Waals surface area (Å²) in [7, 11) is 1.66. The molecule has 2 aromatic rings. The van der Waals surface area contributed by atoms with E-state index in [1.807, 2.05) is 36.1 Å². The maximum Gasteiger partial charge on any atom is 0.317 e. The van der Waals surface area contributed by atoms with Crippen molar-refractivity contribution in [3.8, 4) is 5.75 Å². The Hall–Kier alpha value is -2.50. The zero-order chi connectivity index (χ0) is 19.2. The average Bonchev–Trinajstić information content (AvgIpc) is 2.99. The molecule has 0 atom stereocenters. The van der Waals surface area contributed by atoms with E-state index < -0.39 is 0 Å². The normalized spacial score (nSPS) is 15.0. The smallest absolute Gasteiger partial charge is 0.317 e. The Morgan fingerprint density at radius 3 is 2.52 bits per heavy atom. The van der Waals surface area contributed by atoms with Crippen molar-refractivity contribution in [1.29, 1.82) is 0 Å². The molecule has 1 saturated heterocycles. The molecule has 1 aliphatic rings. The number of aromatic nitrogens is 2. The monoisotopic (exact) mass is 370 g/mol. The molecule has 1 aliphatic heterocycles. The summed E-state index contributed by atoms with van der Waals surface area (Å²) in [6, 6.07) is 10.1. The third kappa shape index (κ3) is 5.25. The number of ether oxygens (including phenoxy) is 1. The van der Waals surface area contributed by atoms with Crippen molar-refractivity contribution >= 4 is 6.03 Å². The van der Waals surface area contributed by atoms with Crippen LogP contribution in [0.15, 0.2) is 30.3 Å². The summed E-state index contributed by atoms with van der Waals surface area (Å²) in [4.78, 5) is 14.3. The first-order valence-corrected chi connectivity index (χ1v) is 9.72. The zero-order valence-electron chi connectivity index (χ0n) is 16.6. The van der Waals surface area contributed by atoms with E-state index in [1.165, 1.54) is 11.3 Å². The summed E-state index contributed by atoms with van der Waals surface area (Å²) in [5, 5.41) is 7.60. The molecule has 0 spiro atoms. The predicted octanol–water partition coefficient (Wildman–Crippen LogP) is 3.17. The van der Waals surface area contributed by atoms with Crippen LogP contribution in [0.5, 0.6) is 5.75 Å². The number of piperidine rings is 1. The van der Waals surface area contributed by atoms with Crippen molar-refractivity contribution in [3.05, 3.63) is 47.3 Å². The lowest BCUT2D eigenvalue weighted by atomic mass is 9.97. The second kappa shape index (κ2) is 8.93. The SMILES string of the molecule is COc1ccc(CCNC(=O)N2CCC(Cn3nc(C)cc3C)CC2)cc1. The van der Waals surface area contributed by atoms with Gasteiger partial charge in [-0.2, -0.15) is 5.10 Å². The van der Waals surface area contributed by atoms with Crippen LogP contribution in [-0.2, 0) is 13.0 Å². The molecular formula is C21H30N4O2. The van der Waals surface area contributed by atoms with E-state index in [1.54, 1.807) is 7.11 Å². The van der Waals surface area contributed by atoms with E-state index in [2.05, 4.69) is 28.1 Å². The van der Waals surface area contributed by atoms with Gasteiger partial charge in [-0.1, -0.05) is 12.1 Å². The Morgan fingerprint density at radius 1 is 1.22 bits per heavy atom. The minimum Gasteiger partial charge on any atom is -0.497 e. The van der Waals surface area contributed by atoms with E-state index >= 15 is 0 Å². The molecule has 3 rings (SSSR count). The highest BCUT2D eigenvalue weighted by molar-refractivity contribution is 5.74. The Labute approximate surface area is 161 Å². The van der Waals surface area contributed by atoms with Crippen molar-refractivity contribution < 1.29 is 9.53 Å². The van der Waals surface area contributed by atoms with Gasteiger partial charge in [0, 0.05) is 31.9 Å². The number of methoxy groups -OCH3 is 1. The molecule has 6 heteroatoms. The number of aryl methyl sites for hydroxylation is 2. The molecular weight excluding hydrogens is 340 g/mol. The summed E-state index contributed by atoms with van der Waals surface area (Å²) in [6.45, 7) is 7.37. The van der Waals surface area contributed by atoms with E-state index in [0.29, 0.717) is 12.5 Å². The Balaban J connectivity index is 1.38. The average molecular weight is 370 g/mol. The van der Waals surface area contributed by atoms with Crippen molar-refractivity contribution in [1.82, 2.24) is 20.0 Å². The minimum absolute atomic E-state index is 0.0491. The summed E-state index contributed by atoms with van der Waals surface area (Å²) in [6.07, 6.45) is 2.89. The maximum atomic E-state index is 12.4. The molecule has 0 unspecified atom stereocenters. The van der Waals surface area contributed by atoms with Crippen LogP contribution in [0.3, 0.4) is 0 Å². The van der Waals surface area contributed by atoms with E-state index in [-0.39, 0.29) is 6.03 Å². The van der Waals surface area contributed by atoms with Crippen molar-refractivity contribution in [2.24, 2.45) is 5.92 Å². The topological polar surface area (TPSA) is 59.4 Å². The number of nitrogens with zero attached hydrogens (tertiary/aromatic N) is 3. The van der Waals surface area contributed by atoms with Gasteiger partial charge in [0.05, 0.1) is 12.8 Å². The summed E-state index contributed by atoms with van der Waals surface area (Å²) in [5.74, 6) is 1.44. The van der Waals surface area contributed by atoms with Crippen LogP contribution < -0.4 is 10.1 Å². The fraction of sp³-hybridized carbons (Fsp3) is 0.524. The number of urea groups is 1. The second-order valence-corrected chi connectivity index (χ2v) is 7.37. The van der Waals surface area contributed by atoms with Gasteiger partial charge in [-0.25, -0.2) is 4.79 Å². The number of carbonyl (C=O) groups excluding carboxylic acids is 1. The fourth-order valence-corrected chi connectivity index (χ4v) is 3.64. The Bertz CT molecular complexity index is 746. The van der Waals surface area contributed by atoms with Gasteiger partial charge >= 0.3 is 6.03 Å². The van der Waals surface area contributed by atoms with Crippen LogP contribution in [0.4, 0.5) is 4.79 Å². The number of hydrogen-bond acceptors (Lipinski definition) is 3. The number of amides is 2. The summed E-state index contributed by atoms with van der Waals surface area (Å²) >= 11 is 0. The lowest BCUT2D eigenvalue weighted by Gasteiger charge is -2.32. The van der Waals surface area contributed by atoms with Crippen LogP contribution >= 0.6 is 0 Å². The summed E-state index contributed by atoms with van der Waals surface area (Å²) in [5.41, 5.74) is 3.48. The molecule has 0 saturated carbocycles. The lowest BCUT2D eigenvalue weighted by molar-refractivity contribution is 0.164. The fourth-order valence-electron chi connectivity index (χ4n) is 3.64. The summed E-state index contributed by atoms with van der Waals surface area (Å²) < 4.78 is 7.26. The number of nitrogens with one attached hydrogen (secondary N) is 1. The van der Waals surface area contributed by atoms with Crippen molar-refractivity contribution in [3.63, 3.8) is 0 Å². The first-order valence-electron chi connectivity index (χ1n) is 9.72. The van der Waals surface area contributed by atoms with Crippen LogP contribution in [0.25, 0.3) is 0 Å². The van der Waals surface area contributed by atoms with Crippen LogP contribution in [0.1, 0.15) is 29.8 Å². The second-order valence-electron chi connectivity index (χ2n) is 7.37. The molecule has 0 radical (unpaired) electrons. The number of benzene rings is 1.